The molecule has 3 N–H and O–H groups in total. The standard InChI is InChI=1S/C25H24F4N4O4/c1-14-31-12-20(32-14)16-4-7-21(18(11-16)24(30)35)36-22-8-9-33(13-19(22)26)23(34)10-15-2-5-17(6-3-15)37-25(27,28)29/h2-7,11-12,19,22H,8-10,13H2,1H3,(H2,30,35)(H,31,32)/t19-,22+/m0/s1. The second-order valence-corrected chi connectivity index (χ2v) is 8.63. The lowest BCUT2D eigenvalue weighted by molar-refractivity contribution is -0.274. The number of ether oxygens (including phenoxy) is 2. The summed E-state index contributed by atoms with van der Waals surface area (Å²) in [5.41, 5.74) is 7.43. The Hall–Kier alpha value is -4.09. The minimum Gasteiger partial charge on any atom is -0.486 e. The number of amides is 2. The van der Waals surface area contributed by atoms with Crippen LogP contribution < -0.4 is 15.2 Å². The second kappa shape index (κ2) is 10.5. The molecular formula is C25H24F4N4O4. The van der Waals surface area contributed by atoms with Crippen LogP contribution in [0.4, 0.5) is 17.6 Å². The molecule has 1 aliphatic rings. The van der Waals surface area contributed by atoms with Crippen LogP contribution in [0.2, 0.25) is 0 Å². The van der Waals surface area contributed by atoms with E-state index in [2.05, 4.69) is 14.7 Å². The predicted molar refractivity (Wildman–Crippen MR) is 125 cm³/mol. The number of rotatable bonds is 7. The van der Waals surface area contributed by atoms with Gasteiger partial charge in [-0.1, -0.05) is 12.1 Å². The Labute approximate surface area is 209 Å². The molecule has 2 amide bonds. The molecule has 3 aromatic rings. The number of aryl methyl sites for hydroxylation is 1. The van der Waals surface area contributed by atoms with E-state index in [0.29, 0.717) is 22.6 Å². The van der Waals surface area contributed by atoms with Gasteiger partial charge in [-0.05, 0) is 42.8 Å². The number of halogens is 4. The number of nitrogens with zero attached hydrogens (tertiary/aromatic N) is 2. The number of hydrogen-bond acceptors (Lipinski definition) is 5. The molecule has 1 aromatic heterocycles. The first-order valence-electron chi connectivity index (χ1n) is 11.4. The van der Waals surface area contributed by atoms with Gasteiger partial charge in [-0.15, -0.1) is 13.2 Å². The van der Waals surface area contributed by atoms with Gasteiger partial charge in [0, 0.05) is 18.5 Å². The first-order chi connectivity index (χ1) is 17.5. The summed E-state index contributed by atoms with van der Waals surface area (Å²) in [6, 6.07) is 9.71. The van der Waals surface area contributed by atoms with Gasteiger partial charge >= 0.3 is 6.36 Å². The Bertz CT molecular complexity index is 1280. The van der Waals surface area contributed by atoms with E-state index >= 15 is 4.39 Å². The fourth-order valence-electron chi connectivity index (χ4n) is 4.06. The molecule has 2 heterocycles. The molecule has 196 valence electrons. The topological polar surface area (TPSA) is 111 Å². The van der Waals surface area contributed by atoms with Gasteiger partial charge in [0.1, 0.15) is 23.4 Å². The van der Waals surface area contributed by atoms with Crippen LogP contribution in [-0.4, -0.2) is 58.4 Å². The monoisotopic (exact) mass is 520 g/mol. The Morgan fingerprint density at radius 3 is 2.51 bits per heavy atom. The molecule has 0 radical (unpaired) electrons. The smallest absolute Gasteiger partial charge is 0.486 e. The largest absolute Gasteiger partial charge is 0.573 e. The van der Waals surface area contributed by atoms with Crippen molar-refractivity contribution in [2.24, 2.45) is 5.73 Å². The van der Waals surface area contributed by atoms with Crippen LogP contribution >= 0.6 is 0 Å². The molecule has 0 aliphatic carbocycles. The molecule has 1 aliphatic heterocycles. The van der Waals surface area contributed by atoms with Crippen molar-refractivity contribution in [3.05, 3.63) is 65.6 Å². The third-order valence-electron chi connectivity index (χ3n) is 5.88. The van der Waals surface area contributed by atoms with E-state index in [1.807, 2.05) is 0 Å². The van der Waals surface area contributed by atoms with E-state index in [9.17, 15) is 22.8 Å². The molecule has 0 unspecified atom stereocenters. The molecular weight excluding hydrogens is 496 g/mol. The summed E-state index contributed by atoms with van der Waals surface area (Å²) >= 11 is 0. The second-order valence-electron chi connectivity index (χ2n) is 8.63. The van der Waals surface area contributed by atoms with Crippen LogP contribution in [0.5, 0.6) is 11.5 Å². The van der Waals surface area contributed by atoms with E-state index in [4.69, 9.17) is 10.5 Å². The van der Waals surface area contributed by atoms with Gasteiger partial charge in [0.25, 0.3) is 5.91 Å². The minimum atomic E-state index is -4.81. The number of nitrogens with two attached hydrogens (primary N) is 1. The van der Waals surface area contributed by atoms with Gasteiger partial charge in [-0.3, -0.25) is 9.59 Å². The Morgan fingerprint density at radius 1 is 1.19 bits per heavy atom. The minimum absolute atomic E-state index is 0.0911. The summed E-state index contributed by atoms with van der Waals surface area (Å²) < 4.78 is 61.5. The molecule has 12 heteroatoms. The number of hydrogen-bond donors (Lipinski definition) is 2. The number of benzene rings is 2. The molecule has 2 aromatic carbocycles. The van der Waals surface area contributed by atoms with E-state index in [-0.39, 0.29) is 43.2 Å². The normalized spacial score (nSPS) is 17.9. The first-order valence-corrected chi connectivity index (χ1v) is 11.4. The maximum absolute atomic E-state index is 15.0. The number of imidazole rings is 1. The molecule has 8 nitrogen and oxygen atoms in total. The van der Waals surface area contributed by atoms with E-state index < -0.39 is 30.3 Å². The first kappa shape index (κ1) is 26.0. The zero-order chi connectivity index (χ0) is 26.7. The number of carbonyl (C=O) groups excluding carboxylic acids is 2. The van der Waals surface area contributed by atoms with Crippen molar-refractivity contribution in [1.29, 1.82) is 0 Å². The van der Waals surface area contributed by atoms with Crippen LogP contribution in [0.25, 0.3) is 11.3 Å². The lowest BCUT2D eigenvalue weighted by Gasteiger charge is -2.35. The lowest BCUT2D eigenvalue weighted by atomic mass is 10.0. The maximum Gasteiger partial charge on any atom is 0.573 e. The number of alkyl halides is 4. The third-order valence-corrected chi connectivity index (χ3v) is 5.88. The average molecular weight is 520 g/mol. The molecule has 2 atom stereocenters. The molecule has 0 saturated carbocycles. The summed E-state index contributed by atoms with van der Waals surface area (Å²) in [5, 5.41) is 0. The van der Waals surface area contributed by atoms with E-state index in [0.717, 1.165) is 12.1 Å². The number of aromatic amines is 1. The van der Waals surface area contributed by atoms with Gasteiger partial charge in [0.2, 0.25) is 5.91 Å². The molecule has 4 rings (SSSR count). The highest BCUT2D eigenvalue weighted by Gasteiger charge is 2.34. The average Bonchev–Trinajstić information content (AvgIpc) is 3.27. The number of carbonyl (C=O) groups is 2. The Morgan fingerprint density at radius 2 is 1.92 bits per heavy atom. The van der Waals surface area contributed by atoms with Gasteiger partial charge in [-0.2, -0.15) is 0 Å². The van der Waals surface area contributed by atoms with Crippen molar-refractivity contribution in [3.63, 3.8) is 0 Å². The van der Waals surface area contributed by atoms with Crippen LogP contribution in [0.15, 0.2) is 48.7 Å². The maximum atomic E-state index is 15.0. The van der Waals surface area contributed by atoms with Gasteiger partial charge in [0.15, 0.2) is 6.17 Å². The van der Waals surface area contributed by atoms with E-state index in [1.165, 1.54) is 17.0 Å². The number of nitrogens with one attached hydrogen (secondary N) is 1. The number of H-pyrrole nitrogens is 1. The van der Waals surface area contributed by atoms with Crippen LogP contribution in [-0.2, 0) is 11.2 Å². The molecule has 0 spiro atoms. The van der Waals surface area contributed by atoms with Crippen molar-refractivity contribution >= 4 is 11.8 Å². The van der Waals surface area contributed by atoms with Gasteiger partial charge < -0.3 is 25.1 Å². The number of aromatic nitrogens is 2. The summed E-state index contributed by atoms with van der Waals surface area (Å²) in [4.78, 5) is 33.2. The van der Waals surface area contributed by atoms with Crippen molar-refractivity contribution in [2.75, 3.05) is 13.1 Å². The van der Waals surface area contributed by atoms with Crippen molar-refractivity contribution in [2.45, 2.75) is 38.4 Å². The van der Waals surface area contributed by atoms with Gasteiger partial charge in [-0.25, -0.2) is 9.37 Å². The van der Waals surface area contributed by atoms with Crippen LogP contribution in [0, 0.1) is 6.92 Å². The zero-order valence-corrected chi connectivity index (χ0v) is 19.7. The molecule has 1 saturated heterocycles. The fourth-order valence-corrected chi connectivity index (χ4v) is 4.06. The summed E-state index contributed by atoms with van der Waals surface area (Å²) in [6.07, 6.45) is -5.56. The fraction of sp³-hybridized carbons (Fsp3) is 0.320. The number of piperidine rings is 1. The van der Waals surface area contributed by atoms with E-state index in [1.54, 1.807) is 31.3 Å². The van der Waals surface area contributed by atoms with Crippen molar-refractivity contribution in [3.8, 4) is 22.8 Å². The third kappa shape index (κ3) is 6.57. The van der Waals surface area contributed by atoms with Crippen molar-refractivity contribution in [1.82, 2.24) is 14.9 Å². The SMILES string of the molecule is Cc1ncc(-c2ccc(O[C@@H]3CCN(C(=O)Cc4ccc(OC(F)(F)F)cc4)C[C@@H]3F)c(C(N)=O)c2)[nH]1. The van der Waals surface area contributed by atoms with Crippen LogP contribution in [0.1, 0.15) is 28.2 Å². The summed E-state index contributed by atoms with van der Waals surface area (Å²) in [6.45, 7) is 1.77. The van der Waals surface area contributed by atoms with Crippen LogP contribution in [0.3, 0.4) is 0 Å². The highest BCUT2D eigenvalue weighted by atomic mass is 19.4. The predicted octanol–water partition coefficient (Wildman–Crippen LogP) is 3.94. The quantitative estimate of drug-likeness (QED) is 0.459. The number of primary amides is 1. The van der Waals surface area contributed by atoms with Gasteiger partial charge in [0.05, 0.1) is 30.4 Å². The highest BCUT2D eigenvalue weighted by Crippen LogP contribution is 2.29. The highest BCUT2D eigenvalue weighted by molar-refractivity contribution is 5.97. The summed E-state index contributed by atoms with van der Waals surface area (Å²) in [7, 11) is 0. The van der Waals surface area contributed by atoms with Crippen molar-refractivity contribution < 1.29 is 36.6 Å². The molecule has 0 bridgehead atoms. The molecule has 1 fully saturated rings. The molecule has 37 heavy (non-hydrogen) atoms. The Balaban J connectivity index is 1.37. The number of likely N-dealkylation sites (tertiary alicyclic amines) is 1. The lowest BCUT2D eigenvalue weighted by Crippen LogP contribution is -2.49. The Kier molecular flexibility index (Phi) is 7.37. The zero-order valence-electron chi connectivity index (χ0n) is 19.7. The summed E-state index contributed by atoms with van der Waals surface area (Å²) in [5.74, 6) is -0.662.